The zero-order valence-corrected chi connectivity index (χ0v) is 11.2. The molecule has 0 N–H and O–H groups in total. The third-order valence-corrected chi connectivity index (χ3v) is 4.93. The van der Waals surface area contributed by atoms with E-state index >= 15 is 0 Å². The lowest BCUT2D eigenvalue weighted by molar-refractivity contribution is -0.144. The first kappa shape index (κ1) is 14.4. The number of hydrogen-bond donors (Lipinski definition) is 0. The molecule has 0 aromatic carbocycles. The van der Waals surface area contributed by atoms with Gasteiger partial charge in [-0.3, -0.25) is 4.79 Å². The number of hydrogen-bond acceptors (Lipinski definition) is 5. The molecule has 0 aliphatic carbocycles. The molecule has 17 heavy (non-hydrogen) atoms. The predicted molar refractivity (Wildman–Crippen MR) is 63.4 cm³/mol. The van der Waals surface area contributed by atoms with Gasteiger partial charge >= 0.3 is 5.97 Å². The fraction of sp³-hybridized carbons (Fsp3) is 0.909. The summed E-state index contributed by atoms with van der Waals surface area (Å²) in [6, 6.07) is 0. The normalized spacial score (nSPS) is 19.9. The molecular weight excluding hydrogens is 244 g/mol. The van der Waals surface area contributed by atoms with Crippen LogP contribution in [0.25, 0.3) is 0 Å². The molecular formula is C11H20O5S. The Labute approximate surface area is 102 Å². The molecule has 1 rings (SSSR count). The highest BCUT2D eigenvalue weighted by Crippen LogP contribution is 2.18. The quantitative estimate of drug-likeness (QED) is 0.681. The highest BCUT2D eigenvalue weighted by Gasteiger charge is 2.26. The molecule has 1 aliphatic rings. The summed E-state index contributed by atoms with van der Waals surface area (Å²) in [6.07, 6.45) is 1.57. The van der Waals surface area contributed by atoms with Gasteiger partial charge in [-0.1, -0.05) is 6.92 Å². The van der Waals surface area contributed by atoms with Crippen molar-refractivity contribution in [3.05, 3.63) is 0 Å². The Kier molecular flexibility index (Phi) is 5.39. The lowest BCUT2D eigenvalue weighted by atomic mass is 10.0. The van der Waals surface area contributed by atoms with Gasteiger partial charge in [0, 0.05) is 13.2 Å². The van der Waals surface area contributed by atoms with Crippen molar-refractivity contribution in [2.75, 3.05) is 31.8 Å². The van der Waals surface area contributed by atoms with Crippen LogP contribution in [0.2, 0.25) is 0 Å². The first-order chi connectivity index (χ1) is 7.94. The molecule has 100 valence electrons. The van der Waals surface area contributed by atoms with E-state index in [0.717, 1.165) is 12.8 Å². The van der Waals surface area contributed by atoms with Crippen LogP contribution in [-0.4, -0.2) is 46.2 Å². The van der Waals surface area contributed by atoms with E-state index in [4.69, 9.17) is 4.74 Å². The van der Waals surface area contributed by atoms with Crippen LogP contribution in [0.15, 0.2) is 0 Å². The van der Waals surface area contributed by atoms with Crippen LogP contribution < -0.4 is 0 Å². The molecule has 1 saturated heterocycles. The van der Waals surface area contributed by atoms with Crippen LogP contribution >= 0.6 is 0 Å². The Hall–Kier alpha value is -0.620. The summed E-state index contributed by atoms with van der Waals surface area (Å²) in [6.45, 7) is 2.84. The Morgan fingerprint density at radius 2 is 2.00 bits per heavy atom. The molecule has 0 aromatic rings. The second kappa shape index (κ2) is 6.35. The second-order valence-corrected chi connectivity index (χ2v) is 6.71. The van der Waals surface area contributed by atoms with E-state index in [1.807, 2.05) is 0 Å². The third-order valence-electron chi connectivity index (χ3n) is 2.94. The molecule has 0 radical (unpaired) electrons. The minimum atomic E-state index is -3.19. The van der Waals surface area contributed by atoms with Gasteiger partial charge in [-0.05, 0) is 18.8 Å². The lowest BCUT2D eigenvalue weighted by Crippen LogP contribution is -2.29. The van der Waals surface area contributed by atoms with Crippen LogP contribution in [0, 0.1) is 11.8 Å². The van der Waals surface area contributed by atoms with Crippen LogP contribution in [-0.2, 0) is 24.1 Å². The van der Waals surface area contributed by atoms with E-state index in [0.29, 0.717) is 13.2 Å². The van der Waals surface area contributed by atoms with Crippen molar-refractivity contribution in [2.24, 2.45) is 11.8 Å². The average molecular weight is 264 g/mol. The van der Waals surface area contributed by atoms with Gasteiger partial charge in [-0.2, -0.15) is 0 Å². The fourth-order valence-electron chi connectivity index (χ4n) is 1.99. The van der Waals surface area contributed by atoms with Crippen LogP contribution in [0.3, 0.4) is 0 Å². The number of esters is 1. The van der Waals surface area contributed by atoms with Crippen LogP contribution in [0.1, 0.15) is 19.8 Å². The molecule has 0 bridgehead atoms. The molecule has 0 aromatic heterocycles. The average Bonchev–Trinajstić information content (AvgIpc) is 2.27. The van der Waals surface area contributed by atoms with E-state index in [9.17, 15) is 13.2 Å². The molecule has 0 saturated carbocycles. The molecule has 1 fully saturated rings. The molecule has 0 spiro atoms. The molecule has 1 unspecified atom stereocenters. The van der Waals surface area contributed by atoms with E-state index in [1.165, 1.54) is 7.11 Å². The summed E-state index contributed by atoms with van der Waals surface area (Å²) in [5, 5.41) is 0. The summed E-state index contributed by atoms with van der Waals surface area (Å²) in [4.78, 5) is 11.2. The summed E-state index contributed by atoms with van der Waals surface area (Å²) < 4.78 is 33.5. The standard InChI is InChI=1S/C11H20O5S/c1-9(11(12)15-2)7-17(13,14)8-10-3-5-16-6-4-10/h9-10H,3-8H2,1-2H3. The SMILES string of the molecule is COC(=O)C(C)CS(=O)(=O)CC1CCOCC1. The molecule has 1 atom stereocenters. The maximum atomic E-state index is 11.9. The number of sulfone groups is 1. The van der Waals surface area contributed by atoms with Crippen molar-refractivity contribution in [3.8, 4) is 0 Å². The molecule has 1 aliphatic heterocycles. The van der Waals surface area contributed by atoms with Gasteiger partial charge in [0.15, 0.2) is 9.84 Å². The monoisotopic (exact) mass is 264 g/mol. The molecule has 1 heterocycles. The molecule has 0 amide bonds. The Morgan fingerprint density at radius 1 is 1.41 bits per heavy atom. The van der Waals surface area contributed by atoms with E-state index in [2.05, 4.69) is 4.74 Å². The molecule has 6 heteroatoms. The van der Waals surface area contributed by atoms with E-state index < -0.39 is 21.7 Å². The van der Waals surface area contributed by atoms with Gasteiger partial charge in [0.1, 0.15) is 0 Å². The van der Waals surface area contributed by atoms with Gasteiger partial charge < -0.3 is 9.47 Å². The summed E-state index contributed by atoms with van der Waals surface area (Å²) >= 11 is 0. The van der Waals surface area contributed by atoms with Gasteiger partial charge in [0.05, 0.1) is 24.5 Å². The van der Waals surface area contributed by atoms with Crippen molar-refractivity contribution < 1.29 is 22.7 Å². The molecule has 5 nitrogen and oxygen atoms in total. The number of rotatable bonds is 5. The number of methoxy groups -OCH3 is 1. The van der Waals surface area contributed by atoms with Gasteiger partial charge in [-0.15, -0.1) is 0 Å². The zero-order chi connectivity index (χ0) is 12.9. The van der Waals surface area contributed by atoms with Crippen molar-refractivity contribution in [2.45, 2.75) is 19.8 Å². The number of carbonyl (C=O) groups excluding carboxylic acids is 1. The zero-order valence-electron chi connectivity index (χ0n) is 10.3. The minimum absolute atomic E-state index is 0.128. The lowest BCUT2D eigenvalue weighted by Gasteiger charge is -2.22. The van der Waals surface area contributed by atoms with Crippen molar-refractivity contribution in [1.29, 1.82) is 0 Å². The van der Waals surface area contributed by atoms with Crippen molar-refractivity contribution in [3.63, 3.8) is 0 Å². The Bertz CT molecular complexity index is 343. The number of carbonyl (C=O) groups is 1. The summed E-state index contributed by atoms with van der Waals surface area (Å²) in [5.74, 6) is -0.877. The highest BCUT2D eigenvalue weighted by atomic mass is 32.2. The smallest absolute Gasteiger partial charge is 0.309 e. The Balaban J connectivity index is 2.47. The van der Waals surface area contributed by atoms with Gasteiger partial charge in [0.25, 0.3) is 0 Å². The van der Waals surface area contributed by atoms with E-state index in [-0.39, 0.29) is 17.4 Å². The number of ether oxygens (including phenoxy) is 2. The van der Waals surface area contributed by atoms with Crippen molar-refractivity contribution >= 4 is 15.8 Å². The minimum Gasteiger partial charge on any atom is -0.469 e. The second-order valence-electron chi connectivity index (χ2n) is 4.56. The fourth-order valence-corrected chi connectivity index (χ4v) is 4.08. The first-order valence-corrected chi connectivity index (χ1v) is 7.62. The maximum Gasteiger partial charge on any atom is 0.309 e. The maximum absolute atomic E-state index is 11.9. The predicted octanol–water partition coefficient (Wildman–Crippen LogP) is 0.637. The van der Waals surface area contributed by atoms with Crippen LogP contribution in [0.4, 0.5) is 0 Å². The third kappa shape index (κ3) is 5.04. The van der Waals surface area contributed by atoms with Gasteiger partial charge in [0.2, 0.25) is 0 Å². The first-order valence-electron chi connectivity index (χ1n) is 5.80. The highest BCUT2D eigenvalue weighted by molar-refractivity contribution is 7.91. The largest absolute Gasteiger partial charge is 0.469 e. The summed E-state index contributed by atoms with van der Waals surface area (Å²) in [5.41, 5.74) is 0. The van der Waals surface area contributed by atoms with E-state index in [1.54, 1.807) is 6.92 Å². The van der Waals surface area contributed by atoms with Crippen LogP contribution in [0.5, 0.6) is 0 Å². The summed E-state index contributed by atoms with van der Waals surface area (Å²) in [7, 11) is -1.92. The van der Waals surface area contributed by atoms with Gasteiger partial charge in [-0.25, -0.2) is 8.42 Å². The van der Waals surface area contributed by atoms with Crippen molar-refractivity contribution in [1.82, 2.24) is 0 Å². The Morgan fingerprint density at radius 3 is 2.53 bits per heavy atom. The topological polar surface area (TPSA) is 69.7 Å².